The monoisotopic (exact) mass is 446 g/mol. The molecule has 170 valence electrons. The van der Waals surface area contributed by atoms with Crippen LogP contribution in [0.15, 0.2) is 61.2 Å². The van der Waals surface area contributed by atoms with Crippen molar-refractivity contribution in [2.75, 3.05) is 19.7 Å². The van der Waals surface area contributed by atoms with Gasteiger partial charge in [0.05, 0.1) is 0 Å². The molecule has 0 aromatic heterocycles. The number of alkyl carbamates (subject to hydrolysis) is 1. The summed E-state index contributed by atoms with van der Waals surface area (Å²) in [7, 11) is 0. The fraction of sp³-hybridized carbons (Fsp3) is 0.269. The minimum Gasteiger partial charge on any atom is -0.480 e. The molecule has 1 atom stereocenters. The van der Waals surface area contributed by atoms with E-state index >= 15 is 0 Å². The van der Waals surface area contributed by atoms with Crippen LogP contribution in [0.1, 0.15) is 30.4 Å². The van der Waals surface area contributed by atoms with Gasteiger partial charge in [0.25, 0.3) is 0 Å². The van der Waals surface area contributed by atoms with Crippen LogP contribution >= 0.6 is 0 Å². The number of carbonyl (C=O) groups is 3. The Bertz CT molecular complexity index is 1070. The van der Waals surface area contributed by atoms with E-state index in [9.17, 15) is 14.4 Å². The van der Waals surface area contributed by atoms with Gasteiger partial charge in [-0.15, -0.1) is 18.4 Å². The largest absolute Gasteiger partial charge is 0.480 e. The third-order valence-electron chi connectivity index (χ3n) is 5.40. The van der Waals surface area contributed by atoms with Crippen molar-refractivity contribution in [1.82, 2.24) is 10.2 Å². The first-order valence-corrected chi connectivity index (χ1v) is 10.6. The summed E-state index contributed by atoms with van der Waals surface area (Å²) >= 11 is 0. The summed E-state index contributed by atoms with van der Waals surface area (Å²) in [6.07, 6.45) is 0.700. The molecule has 33 heavy (non-hydrogen) atoms. The average Bonchev–Trinajstić information content (AvgIpc) is 3.13. The molecule has 1 unspecified atom stereocenters. The van der Waals surface area contributed by atoms with Crippen molar-refractivity contribution in [3.05, 3.63) is 72.3 Å². The van der Waals surface area contributed by atoms with Crippen LogP contribution < -0.4 is 5.32 Å². The van der Waals surface area contributed by atoms with Crippen molar-refractivity contribution in [2.24, 2.45) is 0 Å². The predicted molar refractivity (Wildman–Crippen MR) is 124 cm³/mol. The topological polar surface area (TPSA) is 95.9 Å². The van der Waals surface area contributed by atoms with E-state index in [1.54, 1.807) is 6.92 Å². The molecule has 0 radical (unpaired) electrons. The van der Waals surface area contributed by atoms with E-state index in [0.717, 1.165) is 27.2 Å². The molecule has 2 aromatic carbocycles. The Hall–Kier alpha value is -4.05. The number of hydrogen-bond acceptors (Lipinski definition) is 4. The summed E-state index contributed by atoms with van der Waals surface area (Å²) in [6, 6.07) is 14.9. The molecule has 0 fully saturated rings. The maximum atomic E-state index is 12.9. The molecule has 0 saturated carbocycles. The Kier molecular flexibility index (Phi) is 7.87. The lowest BCUT2D eigenvalue weighted by Gasteiger charge is -2.25. The van der Waals surface area contributed by atoms with Gasteiger partial charge < -0.3 is 20.1 Å². The third-order valence-corrected chi connectivity index (χ3v) is 5.40. The highest BCUT2D eigenvalue weighted by molar-refractivity contribution is 5.88. The number of hydrogen-bond donors (Lipinski definition) is 2. The highest BCUT2D eigenvalue weighted by Crippen LogP contribution is 2.44. The Morgan fingerprint density at radius 1 is 1.15 bits per heavy atom. The van der Waals surface area contributed by atoms with E-state index in [1.807, 2.05) is 48.5 Å². The van der Waals surface area contributed by atoms with Crippen molar-refractivity contribution in [2.45, 2.75) is 25.3 Å². The Morgan fingerprint density at radius 2 is 1.76 bits per heavy atom. The first-order chi connectivity index (χ1) is 16.0. The van der Waals surface area contributed by atoms with Gasteiger partial charge in [-0.25, -0.2) is 4.79 Å². The second-order valence-electron chi connectivity index (χ2n) is 7.55. The third kappa shape index (κ3) is 5.60. The maximum Gasteiger partial charge on any atom is 0.407 e. The zero-order valence-electron chi connectivity index (χ0n) is 18.4. The first-order valence-electron chi connectivity index (χ1n) is 10.6. The van der Waals surface area contributed by atoms with Crippen LogP contribution in [0.5, 0.6) is 0 Å². The number of aliphatic carboxylic acids is 1. The summed E-state index contributed by atoms with van der Waals surface area (Å²) in [5.74, 6) is 3.62. The second kappa shape index (κ2) is 11.0. The summed E-state index contributed by atoms with van der Waals surface area (Å²) in [5.41, 5.74) is 4.38. The van der Waals surface area contributed by atoms with Crippen LogP contribution in [-0.2, 0) is 14.3 Å². The molecule has 3 rings (SSSR count). The van der Waals surface area contributed by atoms with E-state index in [2.05, 4.69) is 23.7 Å². The quantitative estimate of drug-likeness (QED) is 0.455. The molecular weight excluding hydrogens is 420 g/mol. The number of carboxylic acids is 1. The molecule has 1 aliphatic rings. The van der Waals surface area contributed by atoms with E-state index in [0.29, 0.717) is 0 Å². The van der Waals surface area contributed by atoms with Crippen LogP contribution in [0.2, 0.25) is 0 Å². The number of benzene rings is 2. The van der Waals surface area contributed by atoms with Gasteiger partial charge in [0.1, 0.15) is 19.2 Å². The molecule has 0 aliphatic heterocycles. The van der Waals surface area contributed by atoms with Gasteiger partial charge >= 0.3 is 12.1 Å². The fourth-order valence-electron chi connectivity index (χ4n) is 3.96. The van der Waals surface area contributed by atoms with Crippen LogP contribution in [0.25, 0.3) is 11.1 Å². The zero-order valence-corrected chi connectivity index (χ0v) is 18.4. The van der Waals surface area contributed by atoms with E-state index < -0.39 is 30.6 Å². The van der Waals surface area contributed by atoms with Crippen molar-refractivity contribution in [1.29, 1.82) is 0 Å². The van der Waals surface area contributed by atoms with E-state index in [-0.39, 0.29) is 25.5 Å². The molecule has 0 spiro atoms. The van der Waals surface area contributed by atoms with Crippen LogP contribution in [-0.4, -0.2) is 53.7 Å². The van der Waals surface area contributed by atoms with Crippen molar-refractivity contribution in [3.8, 4) is 23.0 Å². The molecule has 1 aliphatic carbocycles. The maximum absolute atomic E-state index is 12.9. The number of nitrogens with one attached hydrogen (secondary N) is 1. The van der Waals surface area contributed by atoms with E-state index in [4.69, 9.17) is 9.84 Å². The first kappa shape index (κ1) is 23.6. The molecule has 2 amide bonds. The van der Waals surface area contributed by atoms with Crippen LogP contribution in [0, 0.1) is 11.8 Å². The lowest BCUT2D eigenvalue weighted by Crippen LogP contribution is -2.50. The Morgan fingerprint density at radius 3 is 2.30 bits per heavy atom. The summed E-state index contributed by atoms with van der Waals surface area (Å²) in [5, 5.41) is 11.7. The number of nitrogens with zero attached hydrogens (tertiary/aromatic N) is 1. The highest BCUT2D eigenvalue weighted by atomic mass is 16.5. The summed E-state index contributed by atoms with van der Waals surface area (Å²) in [6.45, 7) is 4.81. The van der Waals surface area contributed by atoms with Crippen molar-refractivity contribution >= 4 is 18.0 Å². The average molecular weight is 447 g/mol. The van der Waals surface area contributed by atoms with Crippen molar-refractivity contribution in [3.63, 3.8) is 0 Å². The van der Waals surface area contributed by atoms with E-state index in [1.165, 1.54) is 6.08 Å². The number of carbonyl (C=O) groups excluding carboxylic acids is 2. The SMILES string of the molecule is C=CCN(CC(=O)O)C(=O)C(CC#CC)NC(=O)OCC1c2ccccc2-c2ccccc21. The van der Waals surface area contributed by atoms with Gasteiger partial charge in [-0.2, -0.15) is 0 Å². The minimum absolute atomic E-state index is 0.0345. The Balaban J connectivity index is 1.71. The van der Waals surface area contributed by atoms with Gasteiger partial charge in [0.2, 0.25) is 5.91 Å². The fourth-order valence-corrected chi connectivity index (χ4v) is 3.96. The van der Waals surface area contributed by atoms with Gasteiger partial charge in [-0.3, -0.25) is 9.59 Å². The predicted octanol–water partition coefficient (Wildman–Crippen LogP) is 3.41. The molecule has 0 saturated heterocycles. The minimum atomic E-state index is -1.16. The molecule has 7 heteroatoms. The van der Waals surface area contributed by atoms with Gasteiger partial charge in [0, 0.05) is 18.9 Å². The molecule has 0 bridgehead atoms. The van der Waals surface area contributed by atoms with Gasteiger partial charge in [-0.05, 0) is 29.2 Å². The smallest absolute Gasteiger partial charge is 0.407 e. The molecule has 0 heterocycles. The van der Waals surface area contributed by atoms with Gasteiger partial charge in [0.15, 0.2) is 0 Å². The number of amides is 2. The number of ether oxygens (including phenoxy) is 1. The summed E-state index contributed by atoms with van der Waals surface area (Å²) < 4.78 is 5.52. The molecule has 2 aromatic rings. The lowest BCUT2D eigenvalue weighted by molar-refractivity contribution is -0.144. The van der Waals surface area contributed by atoms with Gasteiger partial charge in [-0.1, -0.05) is 54.6 Å². The number of fused-ring (bicyclic) bond motifs is 3. The standard InChI is InChI=1S/C26H26N2O5/c1-3-5-14-23(25(31)28(15-4-2)16-24(29)30)27-26(32)33-17-22-20-12-8-6-10-18(20)19-11-7-9-13-21(19)22/h4,6-13,22-23H,2,14-17H2,1H3,(H,27,32)(H,29,30). The normalized spacial score (nSPS) is 12.4. The van der Waals surface area contributed by atoms with Crippen molar-refractivity contribution < 1.29 is 24.2 Å². The van der Waals surface area contributed by atoms with Crippen LogP contribution in [0.3, 0.4) is 0 Å². The summed E-state index contributed by atoms with van der Waals surface area (Å²) in [4.78, 5) is 37.7. The molecule has 2 N–H and O–H groups in total. The number of carboxylic acid groups (broad SMARTS) is 1. The number of rotatable bonds is 9. The molecular formula is C26H26N2O5. The second-order valence-corrected chi connectivity index (χ2v) is 7.55. The van der Waals surface area contributed by atoms with Crippen LogP contribution in [0.4, 0.5) is 4.79 Å². The highest BCUT2D eigenvalue weighted by Gasteiger charge is 2.30. The zero-order chi connectivity index (χ0) is 23.8. The molecule has 7 nitrogen and oxygen atoms in total. The Labute approximate surface area is 193 Å². The lowest BCUT2D eigenvalue weighted by atomic mass is 9.98.